The predicted octanol–water partition coefficient (Wildman–Crippen LogP) is 2.54. The van der Waals surface area contributed by atoms with Gasteiger partial charge in [-0.2, -0.15) is 13.2 Å². The van der Waals surface area contributed by atoms with Gasteiger partial charge in [-0.1, -0.05) is 0 Å². The Morgan fingerprint density at radius 3 is 2.56 bits per heavy atom. The number of halogens is 3. The van der Waals surface area contributed by atoms with Crippen molar-refractivity contribution in [2.24, 2.45) is 5.92 Å². The Morgan fingerprint density at radius 2 is 2.06 bits per heavy atom. The number of rotatable bonds is 1. The van der Waals surface area contributed by atoms with Gasteiger partial charge >= 0.3 is 6.18 Å². The van der Waals surface area contributed by atoms with E-state index in [1.807, 2.05) is 13.8 Å². The molecule has 1 saturated heterocycles. The molecular weight excluding hydrogens is 237 g/mol. The fourth-order valence-corrected chi connectivity index (χ4v) is 2.17. The van der Waals surface area contributed by atoms with Crippen molar-refractivity contribution in [2.45, 2.75) is 38.9 Å². The predicted molar refractivity (Wildman–Crippen MR) is 61.2 cm³/mol. The second kappa shape index (κ2) is 5.21. The van der Waals surface area contributed by atoms with Crippen LogP contribution in [0.2, 0.25) is 0 Å². The molecule has 0 aromatic rings. The maximum absolute atomic E-state index is 12.6. The molecule has 16 heavy (non-hydrogen) atoms. The van der Waals surface area contributed by atoms with Crippen molar-refractivity contribution in [1.29, 1.82) is 0 Å². The Hall–Kier alpha value is -0.520. The molecule has 0 bridgehead atoms. The molecule has 0 spiro atoms. The molecule has 1 fully saturated rings. The summed E-state index contributed by atoms with van der Waals surface area (Å²) in [6.45, 7) is 4.43. The van der Waals surface area contributed by atoms with Gasteiger partial charge in [0.1, 0.15) is 0 Å². The van der Waals surface area contributed by atoms with Gasteiger partial charge in [-0.15, -0.1) is 0 Å². The van der Waals surface area contributed by atoms with Crippen LogP contribution in [0.1, 0.15) is 26.7 Å². The third-order valence-electron chi connectivity index (χ3n) is 2.58. The van der Waals surface area contributed by atoms with Gasteiger partial charge in [0.2, 0.25) is 0 Å². The van der Waals surface area contributed by atoms with Crippen LogP contribution in [0, 0.1) is 5.92 Å². The van der Waals surface area contributed by atoms with Gasteiger partial charge in [-0.25, -0.2) is 0 Å². The largest absolute Gasteiger partial charge is 0.393 e. The van der Waals surface area contributed by atoms with E-state index in [1.165, 1.54) is 0 Å². The molecule has 0 aromatic carbocycles. The topological polar surface area (TPSA) is 15.3 Å². The molecule has 0 aromatic heterocycles. The first-order valence-electron chi connectivity index (χ1n) is 5.43. The summed E-state index contributed by atoms with van der Waals surface area (Å²) < 4.78 is 37.7. The van der Waals surface area contributed by atoms with Crippen molar-refractivity contribution in [3.8, 4) is 0 Å². The number of hydrogen-bond acceptors (Lipinski definition) is 1. The lowest BCUT2D eigenvalue weighted by molar-refractivity contribution is -0.183. The molecule has 0 saturated carbocycles. The maximum atomic E-state index is 12.6. The standard InChI is InChI=1S/C10H17F3N2S/c1-7(2)14-9(16)15-5-3-4-8(6-15)10(11,12)13/h7-8H,3-6H2,1-2H3,(H,14,16). The lowest BCUT2D eigenvalue weighted by Gasteiger charge is -2.35. The minimum atomic E-state index is -4.11. The van der Waals surface area contributed by atoms with E-state index in [0.29, 0.717) is 18.1 Å². The summed E-state index contributed by atoms with van der Waals surface area (Å²) in [6.07, 6.45) is -3.35. The van der Waals surface area contributed by atoms with Crippen molar-refractivity contribution in [3.63, 3.8) is 0 Å². The van der Waals surface area contributed by atoms with Crippen LogP contribution < -0.4 is 5.32 Å². The van der Waals surface area contributed by atoms with E-state index in [1.54, 1.807) is 4.90 Å². The second-order valence-electron chi connectivity index (χ2n) is 4.43. The van der Waals surface area contributed by atoms with Crippen LogP contribution in [0.4, 0.5) is 13.2 Å². The second-order valence-corrected chi connectivity index (χ2v) is 4.82. The summed E-state index contributed by atoms with van der Waals surface area (Å²) in [5.74, 6) is -1.24. The molecule has 0 aliphatic carbocycles. The van der Waals surface area contributed by atoms with E-state index in [0.717, 1.165) is 0 Å². The Balaban J connectivity index is 2.54. The fourth-order valence-electron chi connectivity index (χ4n) is 1.77. The average Bonchev–Trinajstić information content (AvgIpc) is 2.15. The summed E-state index contributed by atoms with van der Waals surface area (Å²) >= 11 is 5.07. The first-order chi connectivity index (χ1) is 7.30. The highest BCUT2D eigenvalue weighted by molar-refractivity contribution is 7.80. The van der Waals surface area contributed by atoms with Crippen LogP contribution in [-0.2, 0) is 0 Å². The zero-order valence-corrected chi connectivity index (χ0v) is 10.3. The molecule has 6 heteroatoms. The third kappa shape index (κ3) is 3.81. The first-order valence-corrected chi connectivity index (χ1v) is 5.83. The number of thiocarbonyl (C=S) groups is 1. The number of hydrogen-bond donors (Lipinski definition) is 1. The van der Waals surface area contributed by atoms with Gasteiger partial charge in [-0.05, 0) is 38.9 Å². The molecule has 1 N–H and O–H groups in total. The molecule has 1 atom stereocenters. The van der Waals surface area contributed by atoms with Crippen molar-refractivity contribution in [2.75, 3.05) is 13.1 Å². The van der Waals surface area contributed by atoms with Crippen molar-refractivity contribution < 1.29 is 13.2 Å². The SMILES string of the molecule is CC(C)NC(=S)N1CCCC(C(F)(F)F)C1. The summed E-state index contributed by atoms with van der Waals surface area (Å²) in [7, 11) is 0. The van der Waals surface area contributed by atoms with Crippen LogP contribution in [-0.4, -0.2) is 35.3 Å². The van der Waals surface area contributed by atoms with Crippen LogP contribution in [0.15, 0.2) is 0 Å². The molecule has 1 aliphatic rings. The summed E-state index contributed by atoms with van der Waals surface area (Å²) in [4.78, 5) is 1.62. The van der Waals surface area contributed by atoms with Crippen molar-refractivity contribution in [1.82, 2.24) is 10.2 Å². The minimum Gasteiger partial charge on any atom is -0.360 e. The molecular formula is C10H17F3N2S. The lowest BCUT2D eigenvalue weighted by Crippen LogP contribution is -2.49. The molecule has 2 nitrogen and oxygen atoms in total. The number of nitrogens with one attached hydrogen (secondary N) is 1. The molecule has 1 rings (SSSR count). The molecule has 1 heterocycles. The van der Waals surface area contributed by atoms with Gasteiger partial charge < -0.3 is 10.2 Å². The Morgan fingerprint density at radius 1 is 1.44 bits per heavy atom. The van der Waals surface area contributed by atoms with E-state index in [4.69, 9.17) is 12.2 Å². The van der Waals surface area contributed by atoms with Crippen molar-refractivity contribution in [3.05, 3.63) is 0 Å². The van der Waals surface area contributed by atoms with Crippen molar-refractivity contribution >= 4 is 17.3 Å². The van der Waals surface area contributed by atoms with Crippen LogP contribution in [0.5, 0.6) is 0 Å². The Labute approximate surface area is 99.2 Å². The van der Waals surface area contributed by atoms with Gasteiger partial charge in [-0.3, -0.25) is 0 Å². The maximum Gasteiger partial charge on any atom is 0.393 e. The smallest absolute Gasteiger partial charge is 0.360 e. The highest BCUT2D eigenvalue weighted by Crippen LogP contribution is 2.33. The average molecular weight is 254 g/mol. The Bertz CT molecular complexity index is 253. The number of nitrogens with zero attached hydrogens (tertiary/aromatic N) is 1. The molecule has 0 radical (unpaired) electrons. The van der Waals surface area contributed by atoms with E-state index in [2.05, 4.69) is 5.32 Å². The zero-order valence-electron chi connectivity index (χ0n) is 9.47. The molecule has 1 unspecified atom stereocenters. The van der Waals surface area contributed by atoms with Gasteiger partial charge in [0.15, 0.2) is 5.11 Å². The zero-order chi connectivity index (χ0) is 12.3. The van der Waals surface area contributed by atoms with Crippen LogP contribution in [0.25, 0.3) is 0 Å². The minimum absolute atomic E-state index is 0.0119. The van der Waals surface area contributed by atoms with Crippen LogP contribution >= 0.6 is 12.2 Å². The van der Waals surface area contributed by atoms with E-state index >= 15 is 0 Å². The number of likely N-dealkylation sites (tertiary alicyclic amines) is 1. The summed E-state index contributed by atoms with van der Waals surface area (Å²) in [6, 6.07) is 0.152. The van der Waals surface area contributed by atoms with E-state index < -0.39 is 12.1 Å². The Kier molecular flexibility index (Phi) is 4.41. The van der Waals surface area contributed by atoms with Gasteiger partial charge in [0.25, 0.3) is 0 Å². The first kappa shape index (κ1) is 13.5. The molecule has 1 aliphatic heterocycles. The molecule has 94 valence electrons. The quantitative estimate of drug-likeness (QED) is 0.724. The number of piperidine rings is 1. The number of alkyl halides is 3. The normalized spacial score (nSPS) is 22.4. The molecule has 0 amide bonds. The van der Waals surface area contributed by atoms with Crippen LogP contribution in [0.3, 0.4) is 0 Å². The highest BCUT2D eigenvalue weighted by Gasteiger charge is 2.42. The fraction of sp³-hybridized carbons (Fsp3) is 0.900. The highest BCUT2D eigenvalue weighted by atomic mass is 32.1. The third-order valence-corrected chi connectivity index (χ3v) is 2.96. The van der Waals surface area contributed by atoms with Gasteiger partial charge in [0, 0.05) is 19.1 Å². The van der Waals surface area contributed by atoms with E-state index in [-0.39, 0.29) is 19.0 Å². The van der Waals surface area contributed by atoms with E-state index in [9.17, 15) is 13.2 Å². The summed E-state index contributed by atoms with van der Waals surface area (Å²) in [5, 5.41) is 3.41. The lowest BCUT2D eigenvalue weighted by atomic mass is 9.98. The monoisotopic (exact) mass is 254 g/mol. The summed E-state index contributed by atoms with van der Waals surface area (Å²) in [5.41, 5.74) is 0. The van der Waals surface area contributed by atoms with Gasteiger partial charge in [0.05, 0.1) is 5.92 Å².